The first kappa shape index (κ1) is 12.8. The molecule has 5 nitrogen and oxygen atoms in total. The summed E-state index contributed by atoms with van der Waals surface area (Å²) in [4.78, 5) is 4.27. The average Bonchev–Trinajstić information content (AvgIpc) is 2.86. The lowest BCUT2D eigenvalue weighted by molar-refractivity contribution is 0.489. The van der Waals surface area contributed by atoms with Gasteiger partial charge in [-0.25, -0.2) is 4.98 Å². The van der Waals surface area contributed by atoms with Gasteiger partial charge in [0.25, 0.3) is 0 Å². The van der Waals surface area contributed by atoms with Gasteiger partial charge in [-0.3, -0.25) is 9.25 Å². The summed E-state index contributed by atoms with van der Waals surface area (Å²) in [7, 11) is 1.93. The van der Waals surface area contributed by atoms with Crippen molar-refractivity contribution in [2.75, 3.05) is 6.54 Å². The molecule has 2 aromatic heterocycles. The third-order valence-corrected chi connectivity index (χ3v) is 3.35. The summed E-state index contributed by atoms with van der Waals surface area (Å²) < 4.78 is 3.92. The fraction of sp³-hybridized carbons (Fsp3) is 0.538. The Labute approximate surface area is 108 Å². The van der Waals surface area contributed by atoms with E-state index < -0.39 is 0 Å². The molecule has 18 heavy (non-hydrogen) atoms. The molecular weight excluding hydrogens is 226 g/mol. The summed E-state index contributed by atoms with van der Waals surface area (Å²) >= 11 is 0. The maximum Gasteiger partial charge on any atom is 0.0995 e. The van der Waals surface area contributed by atoms with Gasteiger partial charge in [-0.2, -0.15) is 5.10 Å². The number of nitrogens with two attached hydrogens (primary N) is 1. The molecule has 0 fully saturated rings. The maximum atomic E-state index is 5.89. The van der Waals surface area contributed by atoms with Crippen molar-refractivity contribution in [3.63, 3.8) is 0 Å². The Morgan fingerprint density at radius 3 is 2.61 bits per heavy atom. The van der Waals surface area contributed by atoms with Gasteiger partial charge < -0.3 is 5.73 Å². The van der Waals surface area contributed by atoms with Gasteiger partial charge in [0.1, 0.15) is 0 Å². The second kappa shape index (κ2) is 4.94. The van der Waals surface area contributed by atoms with Crippen molar-refractivity contribution in [1.29, 1.82) is 0 Å². The highest BCUT2D eigenvalue weighted by molar-refractivity contribution is 5.36. The van der Waals surface area contributed by atoms with Gasteiger partial charge >= 0.3 is 0 Å². The van der Waals surface area contributed by atoms with Crippen molar-refractivity contribution in [3.05, 3.63) is 30.1 Å². The minimum atomic E-state index is 0.312. The molecule has 0 aromatic carbocycles. The van der Waals surface area contributed by atoms with Crippen LogP contribution < -0.4 is 5.73 Å². The lowest BCUT2D eigenvalue weighted by Crippen LogP contribution is -2.20. The molecule has 0 spiro atoms. The number of hydrogen-bond acceptors (Lipinski definition) is 3. The number of aryl methyl sites for hydroxylation is 2. The van der Waals surface area contributed by atoms with Crippen LogP contribution in [0.2, 0.25) is 0 Å². The van der Waals surface area contributed by atoms with Crippen molar-refractivity contribution in [2.45, 2.75) is 26.7 Å². The standard InChI is InChI=1S/C13H21N5/c1-9(2)11(5-14)12-6-15-8-18(12)13-7-17(4)16-10(13)3/h6-9,11H,5,14H2,1-4H3. The Kier molecular flexibility index (Phi) is 3.52. The fourth-order valence-corrected chi connectivity index (χ4v) is 2.34. The summed E-state index contributed by atoms with van der Waals surface area (Å²) in [5, 5.41) is 4.37. The molecule has 0 aliphatic heterocycles. The Morgan fingerprint density at radius 1 is 1.39 bits per heavy atom. The SMILES string of the molecule is Cc1nn(C)cc1-n1cncc1C(CN)C(C)C. The van der Waals surface area contributed by atoms with Crippen LogP contribution in [0.25, 0.3) is 5.69 Å². The van der Waals surface area contributed by atoms with Gasteiger partial charge in [0, 0.05) is 37.6 Å². The Morgan fingerprint density at radius 2 is 2.11 bits per heavy atom. The van der Waals surface area contributed by atoms with E-state index in [1.807, 2.05) is 37.4 Å². The molecular formula is C13H21N5. The lowest BCUT2D eigenvalue weighted by atomic mass is 9.93. The van der Waals surface area contributed by atoms with E-state index in [-0.39, 0.29) is 0 Å². The lowest BCUT2D eigenvalue weighted by Gasteiger charge is -2.20. The smallest absolute Gasteiger partial charge is 0.0995 e. The van der Waals surface area contributed by atoms with Crippen LogP contribution in [-0.4, -0.2) is 25.9 Å². The fourth-order valence-electron chi connectivity index (χ4n) is 2.34. The van der Waals surface area contributed by atoms with E-state index in [0.717, 1.165) is 17.1 Å². The number of nitrogens with zero attached hydrogens (tertiary/aromatic N) is 4. The molecule has 0 saturated carbocycles. The molecule has 0 radical (unpaired) electrons. The molecule has 1 unspecified atom stereocenters. The third kappa shape index (κ3) is 2.18. The highest BCUT2D eigenvalue weighted by Gasteiger charge is 2.20. The molecule has 0 aliphatic rings. The van der Waals surface area contributed by atoms with E-state index in [1.54, 1.807) is 0 Å². The molecule has 98 valence electrons. The van der Waals surface area contributed by atoms with Crippen molar-refractivity contribution in [1.82, 2.24) is 19.3 Å². The van der Waals surface area contributed by atoms with Crippen LogP contribution in [-0.2, 0) is 7.05 Å². The van der Waals surface area contributed by atoms with Crippen LogP contribution in [0.5, 0.6) is 0 Å². The molecule has 2 aromatic rings. The first-order chi connectivity index (χ1) is 8.54. The van der Waals surface area contributed by atoms with E-state index in [0.29, 0.717) is 18.4 Å². The molecule has 2 heterocycles. The van der Waals surface area contributed by atoms with Crippen molar-refractivity contribution < 1.29 is 0 Å². The number of imidazole rings is 1. The maximum absolute atomic E-state index is 5.89. The van der Waals surface area contributed by atoms with Crippen LogP contribution in [0.15, 0.2) is 18.7 Å². The van der Waals surface area contributed by atoms with Crippen molar-refractivity contribution in [3.8, 4) is 5.69 Å². The molecule has 0 amide bonds. The molecule has 1 atom stereocenters. The molecule has 0 aliphatic carbocycles. The molecule has 0 bridgehead atoms. The predicted octanol–water partition coefficient (Wildman–Crippen LogP) is 1.61. The van der Waals surface area contributed by atoms with Crippen LogP contribution in [0.1, 0.15) is 31.2 Å². The highest BCUT2D eigenvalue weighted by atomic mass is 15.3. The first-order valence-electron chi connectivity index (χ1n) is 6.27. The monoisotopic (exact) mass is 247 g/mol. The van der Waals surface area contributed by atoms with Crippen LogP contribution >= 0.6 is 0 Å². The summed E-state index contributed by atoms with van der Waals surface area (Å²) in [6.07, 6.45) is 5.75. The Bertz CT molecular complexity index is 523. The van der Waals surface area contributed by atoms with Gasteiger partial charge in [0.15, 0.2) is 0 Å². The number of rotatable bonds is 4. The average molecular weight is 247 g/mol. The predicted molar refractivity (Wildman–Crippen MR) is 71.7 cm³/mol. The van der Waals surface area contributed by atoms with Crippen molar-refractivity contribution >= 4 is 0 Å². The quantitative estimate of drug-likeness (QED) is 0.893. The van der Waals surface area contributed by atoms with Crippen LogP contribution in [0.4, 0.5) is 0 Å². The summed E-state index contributed by atoms with van der Waals surface area (Å²) in [5.41, 5.74) is 9.12. The van der Waals surface area contributed by atoms with Gasteiger partial charge in [-0.05, 0) is 12.8 Å². The summed E-state index contributed by atoms with van der Waals surface area (Å²) in [6, 6.07) is 0. The van der Waals surface area contributed by atoms with Crippen LogP contribution in [0.3, 0.4) is 0 Å². The molecule has 2 rings (SSSR count). The van der Waals surface area contributed by atoms with Crippen LogP contribution in [0, 0.1) is 12.8 Å². The second-order valence-electron chi connectivity index (χ2n) is 5.05. The molecule has 2 N–H and O–H groups in total. The zero-order valence-corrected chi connectivity index (χ0v) is 11.5. The number of aromatic nitrogens is 4. The number of hydrogen-bond donors (Lipinski definition) is 1. The topological polar surface area (TPSA) is 61.7 Å². The van der Waals surface area contributed by atoms with Gasteiger partial charge in [-0.15, -0.1) is 0 Å². The zero-order valence-electron chi connectivity index (χ0n) is 11.5. The normalized spacial score (nSPS) is 13.2. The second-order valence-corrected chi connectivity index (χ2v) is 5.05. The van der Waals surface area contributed by atoms with E-state index in [1.165, 1.54) is 0 Å². The van der Waals surface area contributed by atoms with E-state index in [9.17, 15) is 0 Å². The van der Waals surface area contributed by atoms with Gasteiger partial charge in [0.05, 0.1) is 17.7 Å². The molecule has 0 saturated heterocycles. The zero-order chi connectivity index (χ0) is 13.3. The highest BCUT2D eigenvalue weighted by Crippen LogP contribution is 2.26. The van der Waals surface area contributed by atoms with Gasteiger partial charge in [-0.1, -0.05) is 13.8 Å². The largest absolute Gasteiger partial charge is 0.330 e. The summed E-state index contributed by atoms with van der Waals surface area (Å²) in [6.45, 7) is 7.00. The minimum absolute atomic E-state index is 0.312. The van der Waals surface area contributed by atoms with E-state index in [2.05, 4.69) is 28.5 Å². The third-order valence-electron chi connectivity index (χ3n) is 3.35. The first-order valence-corrected chi connectivity index (χ1v) is 6.27. The van der Waals surface area contributed by atoms with E-state index >= 15 is 0 Å². The van der Waals surface area contributed by atoms with Gasteiger partial charge in [0.2, 0.25) is 0 Å². The summed E-state index contributed by atoms with van der Waals surface area (Å²) in [5.74, 6) is 0.800. The van der Waals surface area contributed by atoms with E-state index in [4.69, 9.17) is 5.73 Å². The molecule has 5 heteroatoms. The Hall–Kier alpha value is -1.62. The Balaban J connectivity index is 2.47. The minimum Gasteiger partial charge on any atom is -0.330 e. The van der Waals surface area contributed by atoms with Crippen molar-refractivity contribution in [2.24, 2.45) is 18.7 Å².